The molecule has 0 unspecified atom stereocenters. The van der Waals surface area contributed by atoms with E-state index in [1.165, 1.54) is 5.56 Å². The van der Waals surface area contributed by atoms with Crippen LogP contribution in [-0.4, -0.2) is 11.5 Å². The maximum atomic E-state index is 5.66. The van der Waals surface area contributed by atoms with Crippen LogP contribution in [0.5, 0.6) is 0 Å². The fraction of sp³-hybridized carbons (Fsp3) is 0.462. The normalized spacial score (nSPS) is 17.7. The number of rotatable bonds is 1. The van der Waals surface area contributed by atoms with E-state index in [0.29, 0.717) is 5.92 Å². The van der Waals surface area contributed by atoms with Crippen LogP contribution in [0.25, 0.3) is 16.4 Å². The van der Waals surface area contributed by atoms with E-state index in [2.05, 4.69) is 30.2 Å². The maximum Gasteiger partial charge on any atom is 0.192 e. The van der Waals surface area contributed by atoms with Crippen LogP contribution < -0.4 is 0 Å². The smallest absolute Gasteiger partial charge is 0.192 e. The van der Waals surface area contributed by atoms with Crippen LogP contribution in [-0.2, 0) is 32.7 Å². The topological polar surface area (TPSA) is 40.1 Å². The standard InChI is InChI=1S/C13H15N2O.Y/c1-4-9-6-14-10-5-7(2)13-12(11(9)10)15-8(3)16-13;/h5,9H,4,6H2,1-3H3;/q-1;/t9-;/m1./s1. The molecule has 0 spiro atoms. The quantitative estimate of drug-likeness (QED) is 0.800. The van der Waals surface area contributed by atoms with Crippen molar-refractivity contribution in [2.24, 2.45) is 0 Å². The summed E-state index contributed by atoms with van der Waals surface area (Å²) in [7, 11) is 0. The second-order valence-corrected chi connectivity index (χ2v) is 4.48. The summed E-state index contributed by atoms with van der Waals surface area (Å²) in [5.41, 5.74) is 5.51. The molecule has 1 aromatic heterocycles. The van der Waals surface area contributed by atoms with Crippen molar-refractivity contribution >= 4 is 16.8 Å². The third-order valence-corrected chi connectivity index (χ3v) is 3.36. The molecule has 0 N–H and O–H groups in total. The Bertz CT molecular complexity index is 562. The van der Waals surface area contributed by atoms with Crippen LogP contribution in [0.1, 0.15) is 36.3 Å². The SMILES string of the molecule is CC[C@@H]1C[N-]c2cc(C)c3oc(C)nc3c21.[Y]. The van der Waals surface area contributed by atoms with E-state index in [4.69, 9.17) is 4.42 Å². The van der Waals surface area contributed by atoms with Gasteiger partial charge >= 0.3 is 0 Å². The van der Waals surface area contributed by atoms with Gasteiger partial charge in [0.25, 0.3) is 0 Å². The molecule has 2 aromatic rings. The Morgan fingerprint density at radius 2 is 2.24 bits per heavy atom. The van der Waals surface area contributed by atoms with Crippen molar-refractivity contribution in [3.8, 4) is 0 Å². The van der Waals surface area contributed by atoms with Gasteiger partial charge in [0.15, 0.2) is 11.5 Å². The minimum atomic E-state index is 0. The summed E-state index contributed by atoms with van der Waals surface area (Å²) in [5.74, 6) is 1.26. The zero-order chi connectivity index (χ0) is 11.3. The minimum Gasteiger partial charge on any atom is -0.684 e. The molecule has 3 rings (SSSR count). The van der Waals surface area contributed by atoms with Gasteiger partial charge in [-0.15, -0.1) is 12.2 Å². The molecular formula is C13H15N2OY-. The number of benzene rings is 1. The Balaban J connectivity index is 0.00000108. The monoisotopic (exact) mass is 304 g/mol. The predicted molar refractivity (Wildman–Crippen MR) is 64.4 cm³/mol. The zero-order valence-corrected chi connectivity index (χ0v) is 13.3. The summed E-state index contributed by atoms with van der Waals surface area (Å²) in [6, 6.07) is 2.12. The Labute approximate surface area is 126 Å². The number of hydrogen-bond acceptors (Lipinski definition) is 2. The Kier molecular flexibility index (Phi) is 3.60. The molecule has 0 aliphatic carbocycles. The molecule has 0 bridgehead atoms. The molecule has 87 valence electrons. The molecule has 0 saturated heterocycles. The molecule has 1 aliphatic rings. The van der Waals surface area contributed by atoms with Gasteiger partial charge in [0, 0.05) is 39.6 Å². The van der Waals surface area contributed by atoms with Gasteiger partial charge in [-0.05, 0) is 24.0 Å². The largest absolute Gasteiger partial charge is 0.684 e. The number of fused-ring (bicyclic) bond motifs is 3. The third-order valence-electron chi connectivity index (χ3n) is 3.36. The predicted octanol–water partition coefficient (Wildman–Crippen LogP) is 3.95. The van der Waals surface area contributed by atoms with Crippen LogP contribution >= 0.6 is 0 Å². The maximum absolute atomic E-state index is 5.66. The number of oxazole rings is 1. The molecule has 0 saturated carbocycles. The minimum absolute atomic E-state index is 0. The summed E-state index contributed by atoms with van der Waals surface area (Å²) in [4.78, 5) is 4.52. The first-order valence-corrected chi connectivity index (χ1v) is 5.78. The van der Waals surface area contributed by atoms with E-state index >= 15 is 0 Å². The Morgan fingerprint density at radius 3 is 2.94 bits per heavy atom. The zero-order valence-electron chi connectivity index (χ0n) is 10.4. The van der Waals surface area contributed by atoms with Gasteiger partial charge in [0.2, 0.25) is 0 Å². The van der Waals surface area contributed by atoms with Gasteiger partial charge in [0.1, 0.15) is 5.52 Å². The van der Waals surface area contributed by atoms with Crippen LogP contribution in [0.4, 0.5) is 5.69 Å². The number of aryl methyl sites for hydroxylation is 2. The van der Waals surface area contributed by atoms with Gasteiger partial charge in [-0.1, -0.05) is 19.4 Å². The molecule has 4 heteroatoms. The number of nitrogens with zero attached hydrogens (tertiary/aromatic N) is 2. The molecule has 1 aliphatic heterocycles. The molecule has 0 amide bonds. The van der Waals surface area contributed by atoms with Crippen molar-refractivity contribution in [3.05, 3.63) is 28.4 Å². The summed E-state index contributed by atoms with van der Waals surface area (Å²) in [6.07, 6.45) is 1.11. The van der Waals surface area contributed by atoms with Crippen molar-refractivity contribution in [1.82, 2.24) is 4.98 Å². The van der Waals surface area contributed by atoms with E-state index in [9.17, 15) is 0 Å². The average Bonchev–Trinajstić information content (AvgIpc) is 2.80. The van der Waals surface area contributed by atoms with E-state index in [-0.39, 0.29) is 32.7 Å². The molecule has 1 radical (unpaired) electrons. The molecule has 1 aromatic carbocycles. The molecule has 0 fully saturated rings. The van der Waals surface area contributed by atoms with Crippen molar-refractivity contribution in [3.63, 3.8) is 0 Å². The van der Waals surface area contributed by atoms with Crippen LogP contribution in [0, 0.1) is 13.8 Å². The van der Waals surface area contributed by atoms with E-state index in [1.807, 2.05) is 6.92 Å². The van der Waals surface area contributed by atoms with Gasteiger partial charge in [-0.2, -0.15) is 0 Å². The second-order valence-electron chi connectivity index (χ2n) is 4.48. The molecular weight excluding hydrogens is 289 g/mol. The van der Waals surface area contributed by atoms with Crippen LogP contribution in [0.15, 0.2) is 10.5 Å². The van der Waals surface area contributed by atoms with Crippen molar-refractivity contribution in [2.75, 3.05) is 6.54 Å². The van der Waals surface area contributed by atoms with E-state index in [0.717, 1.165) is 41.2 Å². The van der Waals surface area contributed by atoms with E-state index in [1.54, 1.807) is 0 Å². The first-order valence-electron chi connectivity index (χ1n) is 5.78. The van der Waals surface area contributed by atoms with Crippen LogP contribution in [0.3, 0.4) is 0 Å². The average molecular weight is 304 g/mol. The molecule has 1 atom stereocenters. The molecule has 17 heavy (non-hydrogen) atoms. The van der Waals surface area contributed by atoms with E-state index < -0.39 is 0 Å². The van der Waals surface area contributed by atoms with Crippen molar-refractivity contribution in [1.29, 1.82) is 0 Å². The fourth-order valence-corrected chi connectivity index (χ4v) is 2.51. The number of aromatic nitrogens is 1. The molecule has 2 heterocycles. The van der Waals surface area contributed by atoms with Gasteiger partial charge in [-0.25, -0.2) is 4.98 Å². The summed E-state index contributed by atoms with van der Waals surface area (Å²) in [5, 5.41) is 4.59. The van der Waals surface area contributed by atoms with Crippen molar-refractivity contribution in [2.45, 2.75) is 33.1 Å². The van der Waals surface area contributed by atoms with Crippen LogP contribution in [0.2, 0.25) is 0 Å². The third kappa shape index (κ3) is 1.93. The first-order chi connectivity index (χ1) is 7.70. The summed E-state index contributed by atoms with van der Waals surface area (Å²) >= 11 is 0. The van der Waals surface area contributed by atoms with Gasteiger partial charge in [-0.3, -0.25) is 0 Å². The first kappa shape index (κ1) is 13.0. The Morgan fingerprint density at radius 1 is 1.47 bits per heavy atom. The van der Waals surface area contributed by atoms with Crippen molar-refractivity contribution < 1.29 is 37.1 Å². The summed E-state index contributed by atoms with van der Waals surface area (Å²) in [6.45, 7) is 7.06. The fourth-order valence-electron chi connectivity index (χ4n) is 2.51. The van der Waals surface area contributed by atoms with Gasteiger partial charge < -0.3 is 9.73 Å². The molecule has 3 nitrogen and oxygen atoms in total. The summed E-state index contributed by atoms with van der Waals surface area (Å²) < 4.78 is 5.66. The number of hydrogen-bond donors (Lipinski definition) is 0. The Hall–Kier alpha value is -0.406. The second kappa shape index (κ2) is 4.70. The van der Waals surface area contributed by atoms with Gasteiger partial charge in [0.05, 0.1) is 0 Å².